The maximum atomic E-state index is 12.5. The molecule has 7 nitrogen and oxygen atoms in total. The van der Waals surface area contributed by atoms with Crippen LogP contribution in [0.15, 0.2) is 18.2 Å². The molecule has 1 amide bonds. The van der Waals surface area contributed by atoms with E-state index in [0.29, 0.717) is 31.1 Å². The van der Waals surface area contributed by atoms with E-state index in [9.17, 15) is 14.9 Å². The van der Waals surface area contributed by atoms with Crippen molar-refractivity contribution in [3.8, 4) is 5.75 Å². The lowest BCUT2D eigenvalue weighted by Crippen LogP contribution is -2.42. The van der Waals surface area contributed by atoms with Gasteiger partial charge in [0.15, 0.2) is 5.75 Å². The van der Waals surface area contributed by atoms with Crippen LogP contribution in [0.25, 0.3) is 0 Å². The van der Waals surface area contributed by atoms with E-state index in [1.54, 1.807) is 11.0 Å². The standard InChI is InChI=1S/C14H19N3O4/c1-21-13-5-4-11(7-12(13)17(19)20)14(18)16-6-2-3-10(8-15)9-16/h4-5,7,10H,2-3,6,8-9,15H2,1H3. The zero-order valence-corrected chi connectivity index (χ0v) is 11.9. The van der Waals surface area contributed by atoms with Crippen LogP contribution in [-0.2, 0) is 0 Å². The lowest BCUT2D eigenvalue weighted by atomic mass is 9.97. The highest BCUT2D eigenvalue weighted by Gasteiger charge is 2.25. The zero-order chi connectivity index (χ0) is 15.4. The molecule has 0 aromatic heterocycles. The van der Waals surface area contributed by atoms with Crippen molar-refractivity contribution >= 4 is 11.6 Å². The molecule has 0 spiro atoms. The molecule has 2 N–H and O–H groups in total. The molecule has 2 rings (SSSR count). The molecule has 0 saturated carbocycles. The third-order valence-corrected chi connectivity index (χ3v) is 3.76. The molecule has 114 valence electrons. The van der Waals surface area contributed by atoms with Crippen molar-refractivity contribution in [2.45, 2.75) is 12.8 Å². The molecule has 7 heteroatoms. The van der Waals surface area contributed by atoms with E-state index in [-0.39, 0.29) is 17.3 Å². The number of nitrogens with two attached hydrogens (primary N) is 1. The van der Waals surface area contributed by atoms with Crippen molar-refractivity contribution in [2.75, 3.05) is 26.7 Å². The molecule has 1 fully saturated rings. The topological polar surface area (TPSA) is 98.7 Å². The Hall–Kier alpha value is -2.15. The van der Waals surface area contributed by atoms with Gasteiger partial charge in [-0.2, -0.15) is 0 Å². The molecule has 1 aliphatic rings. The van der Waals surface area contributed by atoms with Crippen molar-refractivity contribution in [3.63, 3.8) is 0 Å². The van der Waals surface area contributed by atoms with Crippen molar-refractivity contribution < 1.29 is 14.5 Å². The summed E-state index contributed by atoms with van der Waals surface area (Å²) in [7, 11) is 1.36. The summed E-state index contributed by atoms with van der Waals surface area (Å²) < 4.78 is 4.94. The van der Waals surface area contributed by atoms with Gasteiger partial charge in [-0.3, -0.25) is 14.9 Å². The zero-order valence-electron chi connectivity index (χ0n) is 11.9. The number of benzene rings is 1. The van der Waals surface area contributed by atoms with E-state index in [1.807, 2.05) is 0 Å². The van der Waals surface area contributed by atoms with Crippen LogP contribution in [0.2, 0.25) is 0 Å². The fraction of sp³-hybridized carbons (Fsp3) is 0.500. The van der Waals surface area contributed by atoms with Gasteiger partial charge in [0.25, 0.3) is 5.91 Å². The Balaban J connectivity index is 2.23. The molecule has 0 bridgehead atoms. The molecule has 1 aromatic carbocycles. The first-order valence-corrected chi connectivity index (χ1v) is 6.88. The second kappa shape index (κ2) is 6.53. The highest BCUT2D eigenvalue weighted by Crippen LogP contribution is 2.28. The summed E-state index contributed by atoms with van der Waals surface area (Å²) in [5, 5.41) is 11.0. The van der Waals surface area contributed by atoms with Crippen LogP contribution in [0.4, 0.5) is 5.69 Å². The van der Waals surface area contributed by atoms with Crippen LogP contribution in [0.5, 0.6) is 5.75 Å². The third kappa shape index (κ3) is 3.30. The lowest BCUT2D eigenvalue weighted by molar-refractivity contribution is -0.385. The van der Waals surface area contributed by atoms with E-state index in [0.717, 1.165) is 12.8 Å². The first kappa shape index (κ1) is 15.2. The average molecular weight is 293 g/mol. The molecule has 21 heavy (non-hydrogen) atoms. The maximum Gasteiger partial charge on any atom is 0.311 e. The molecular formula is C14H19N3O4. The van der Waals surface area contributed by atoms with Gasteiger partial charge in [-0.15, -0.1) is 0 Å². The van der Waals surface area contributed by atoms with Crippen molar-refractivity contribution in [1.82, 2.24) is 4.90 Å². The summed E-state index contributed by atoms with van der Waals surface area (Å²) in [6.45, 7) is 1.82. The fourth-order valence-corrected chi connectivity index (χ4v) is 2.59. The van der Waals surface area contributed by atoms with E-state index < -0.39 is 4.92 Å². The van der Waals surface area contributed by atoms with Crippen LogP contribution >= 0.6 is 0 Å². The Labute approximate surface area is 122 Å². The highest BCUT2D eigenvalue weighted by molar-refractivity contribution is 5.95. The minimum absolute atomic E-state index is 0.148. The Kier molecular flexibility index (Phi) is 4.74. The molecule has 0 radical (unpaired) electrons. The summed E-state index contributed by atoms with van der Waals surface area (Å²) in [4.78, 5) is 24.6. The predicted molar refractivity (Wildman–Crippen MR) is 77.3 cm³/mol. The minimum atomic E-state index is -0.547. The van der Waals surface area contributed by atoms with Crippen molar-refractivity contribution in [3.05, 3.63) is 33.9 Å². The van der Waals surface area contributed by atoms with Gasteiger partial charge < -0.3 is 15.4 Å². The van der Waals surface area contributed by atoms with Gasteiger partial charge >= 0.3 is 5.69 Å². The van der Waals surface area contributed by atoms with Crippen LogP contribution in [-0.4, -0.2) is 42.5 Å². The summed E-state index contributed by atoms with van der Waals surface area (Å²) >= 11 is 0. The Morgan fingerprint density at radius 1 is 1.57 bits per heavy atom. The number of nitrogens with zero attached hydrogens (tertiary/aromatic N) is 2. The van der Waals surface area contributed by atoms with E-state index in [1.165, 1.54) is 19.2 Å². The largest absolute Gasteiger partial charge is 0.490 e. The monoisotopic (exact) mass is 293 g/mol. The first-order chi connectivity index (χ1) is 10.1. The molecule has 1 aromatic rings. The van der Waals surface area contributed by atoms with Crippen LogP contribution in [0.1, 0.15) is 23.2 Å². The smallest absolute Gasteiger partial charge is 0.311 e. The summed E-state index contributed by atoms with van der Waals surface area (Å²) in [6, 6.07) is 4.28. The number of carbonyl (C=O) groups is 1. The molecule has 0 aliphatic carbocycles. The second-order valence-corrected chi connectivity index (χ2v) is 5.14. The number of likely N-dealkylation sites (tertiary alicyclic amines) is 1. The Morgan fingerprint density at radius 3 is 2.95 bits per heavy atom. The van der Waals surface area contributed by atoms with E-state index in [2.05, 4.69) is 0 Å². The number of hydrogen-bond acceptors (Lipinski definition) is 5. The number of rotatable bonds is 4. The Bertz CT molecular complexity index is 547. The number of carbonyl (C=O) groups excluding carboxylic acids is 1. The number of amides is 1. The number of piperidine rings is 1. The maximum absolute atomic E-state index is 12.5. The van der Waals surface area contributed by atoms with Crippen LogP contribution in [0.3, 0.4) is 0 Å². The molecule has 1 saturated heterocycles. The second-order valence-electron chi connectivity index (χ2n) is 5.14. The van der Waals surface area contributed by atoms with Crippen molar-refractivity contribution in [1.29, 1.82) is 0 Å². The summed E-state index contributed by atoms with van der Waals surface area (Å²) in [6.07, 6.45) is 1.93. The van der Waals surface area contributed by atoms with Gasteiger partial charge in [0.1, 0.15) is 0 Å². The number of hydrogen-bond donors (Lipinski definition) is 1. The number of nitro groups is 1. The quantitative estimate of drug-likeness (QED) is 0.668. The molecule has 1 unspecified atom stereocenters. The summed E-state index contributed by atoms with van der Waals surface area (Å²) in [5.74, 6) is 0.255. The Morgan fingerprint density at radius 2 is 2.33 bits per heavy atom. The first-order valence-electron chi connectivity index (χ1n) is 6.88. The lowest BCUT2D eigenvalue weighted by Gasteiger charge is -2.32. The average Bonchev–Trinajstić information content (AvgIpc) is 2.53. The minimum Gasteiger partial charge on any atom is -0.490 e. The van der Waals surface area contributed by atoms with Crippen LogP contribution < -0.4 is 10.5 Å². The van der Waals surface area contributed by atoms with Gasteiger partial charge in [0.2, 0.25) is 0 Å². The fourth-order valence-electron chi connectivity index (χ4n) is 2.59. The number of methoxy groups -OCH3 is 1. The molecule has 1 atom stereocenters. The predicted octanol–water partition coefficient (Wildman–Crippen LogP) is 1.41. The normalized spacial score (nSPS) is 18.4. The molecular weight excluding hydrogens is 274 g/mol. The van der Waals surface area contributed by atoms with Gasteiger partial charge in [-0.05, 0) is 37.4 Å². The van der Waals surface area contributed by atoms with E-state index in [4.69, 9.17) is 10.5 Å². The molecule has 1 aliphatic heterocycles. The third-order valence-electron chi connectivity index (χ3n) is 3.76. The van der Waals surface area contributed by atoms with Gasteiger partial charge in [0, 0.05) is 24.7 Å². The summed E-state index contributed by atoms with van der Waals surface area (Å²) in [5.41, 5.74) is 5.77. The van der Waals surface area contributed by atoms with E-state index >= 15 is 0 Å². The molecule has 1 heterocycles. The SMILES string of the molecule is COc1ccc(C(=O)N2CCCC(CN)C2)cc1[N+](=O)[O-]. The number of nitro benzene ring substituents is 1. The van der Waals surface area contributed by atoms with Crippen molar-refractivity contribution in [2.24, 2.45) is 11.7 Å². The van der Waals surface area contributed by atoms with Gasteiger partial charge in [-0.1, -0.05) is 0 Å². The number of ether oxygens (including phenoxy) is 1. The van der Waals surface area contributed by atoms with Gasteiger partial charge in [-0.25, -0.2) is 0 Å². The van der Waals surface area contributed by atoms with Gasteiger partial charge in [0.05, 0.1) is 12.0 Å². The highest BCUT2D eigenvalue weighted by atomic mass is 16.6. The van der Waals surface area contributed by atoms with Crippen LogP contribution in [0, 0.1) is 16.0 Å².